The van der Waals surface area contributed by atoms with E-state index in [2.05, 4.69) is 14.8 Å². The van der Waals surface area contributed by atoms with E-state index in [1.807, 2.05) is 0 Å². The highest BCUT2D eigenvalue weighted by Gasteiger charge is 2.33. The molecule has 1 aromatic carbocycles. The first-order valence-electron chi connectivity index (χ1n) is 9.89. The Kier molecular flexibility index (Phi) is 5.37. The standard InChI is InChI=1S/C20H22FN5O3/c21-15-9-7-14(17(13-15)26(28)29)8-10-19(27)24-12-4-5-16(24)20-23-22-18-6-2-1-3-11-25(18)20/h7-10,13,16H,1-6,11-12H2. The van der Waals surface area contributed by atoms with Crippen molar-refractivity contribution in [2.24, 2.45) is 0 Å². The molecule has 9 heteroatoms. The number of hydrogen-bond acceptors (Lipinski definition) is 5. The summed E-state index contributed by atoms with van der Waals surface area (Å²) in [5.41, 5.74) is -0.174. The number of rotatable bonds is 4. The number of nitrogens with zero attached hydrogens (tertiary/aromatic N) is 5. The third kappa shape index (κ3) is 3.90. The molecule has 0 aliphatic carbocycles. The first-order chi connectivity index (χ1) is 14.0. The van der Waals surface area contributed by atoms with Crippen LogP contribution in [0.5, 0.6) is 0 Å². The zero-order valence-electron chi connectivity index (χ0n) is 16.0. The molecule has 3 heterocycles. The van der Waals surface area contributed by atoms with E-state index in [1.54, 1.807) is 4.90 Å². The Hall–Kier alpha value is -3.10. The minimum absolute atomic E-state index is 0.144. The van der Waals surface area contributed by atoms with E-state index in [4.69, 9.17) is 0 Å². The second kappa shape index (κ2) is 8.10. The van der Waals surface area contributed by atoms with Gasteiger partial charge < -0.3 is 9.47 Å². The zero-order chi connectivity index (χ0) is 20.4. The molecule has 2 aromatic rings. The Bertz CT molecular complexity index is 971. The maximum Gasteiger partial charge on any atom is 0.279 e. The Morgan fingerprint density at radius 3 is 2.90 bits per heavy atom. The third-order valence-corrected chi connectivity index (χ3v) is 5.57. The van der Waals surface area contributed by atoms with Crippen molar-refractivity contribution in [1.82, 2.24) is 19.7 Å². The van der Waals surface area contributed by atoms with Crippen LogP contribution in [0.3, 0.4) is 0 Å². The van der Waals surface area contributed by atoms with E-state index >= 15 is 0 Å². The minimum Gasteiger partial charge on any atom is -0.329 e. The lowest BCUT2D eigenvalue weighted by Gasteiger charge is -2.23. The molecule has 8 nitrogen and oxygen atoms in total. The number of aryl methyl sites for hydroxylation is 1. The van der Waals surface area contributed by atoms with Gasteiger partial charge in [0, 0.05) is 25.6 Å². The number of hydrogen-bond donors (Lipinski definition) is 0. The number of aromatic nitrogens is 3. The van der Waals surface area contributed by atoms with E-state index < -0.39 is 10.7 Å². The van der Waals surface area contributed by atoms with Crippen molar-refractivity contribution in [3.8, 4) is 0 Å². The number of halogens is 1. The molecule has 0 radical (unpaired) electrons. The van der Waals surface area contributed by atoms with Gasteiger partial charge in [0.25, 0.3) is 5.69 Å². The predicted octanol–water partition coefficient (Wildman–Crippen LogP) is 3.43. The lowest BCUT2D eigenvalue weighted by Crippen LogP contribution is -2.30. The monoisotopic (exact) mass is 399 g/mol. The van der Waals surface area contributed by atoms with Crippen LogP contribution in [0.2, 0.25) is 0 Å². The first-order valence-corrected chi connectivity index (χ1v) is 9.89. The summed E-state index contributed by atoms with van der Waals surface area (Å²) < 4.78 is 15.5. The lowest BCUT2D eigenvalue weighted by molar-refractivity contribution is -0.385. The van der Waals surface area contributed by atoms with Gasteiger partial charge in [0.1, 0.15) is 11.6 Å². The highest BCUT2D eigenvalue weighted by Crippen LogP contribution is 2.32. The number of fused-ring (bicyclic) bond motifs is 1. The van der Waals surface area contributed by atoms with Crippen LogP contribution in [0.4, 0.5) is 10.1 Å². The summed E-state index contributed by atoms with van der Waals surface area (Å²) in [4.78, 5) is 25.1. The van der Waals surface area contributed by atoms with Gasteiger partial charge in [-0.15, -0.1) is 10.2 Å². The molecule has 2 aliphatic heterocycles. The van der Waals surface area contributed by atoms with E-state index in [9.17, 15) is 19.3 Å². The first kappa shape index (κ1) is 19.2. The molecule has 1 aromatic heterocycles. The Morgan fingerprint density at radius 1 is 1.21 bits per heavy atom. The molecule has 2 aliphatic rings. The van der Waals surface area contributed by atoms with Crippen molar-refractivity contribution >= 4 is 17.7 Å². The van der Waals surface area contributed by atoms with E-state index in [1.165, 1.54) is 18.2 Å². The van der Waals surface area contributed by atoms with Gasteiger partial charge in [0.15, 0.2) is 5.82 Å². The van der Waals surface area contributed by atoms with Gasteiger partial charge in [-0.25, -0.2) is 4.39 Å². The Balaban J connectivity index is 1.56. The molecule has 152 valence electrons. The SMILES string of the molecule is O=C(C=Cc1ccc(F)cc1[N+](=O)[O-])N1CCCC1c1nnc2n1CCCCC2. The molecule has 0 bridgehead atoms. The van der Waals surface area contributed by atoms with Gasteiger partial charge in [0.05, 0.1) is 22.6 Å². The average Bonchev–Trinajstić information content (AvgIpc) is 3.27. The summed E-state index contributed by atoms with van der Waals surface area (Å²) >= 11 is 0. The minimum atomic E-state index is -0.688. The number of carbonyl (C=O) groups excluding carboxylic acids is 1. The molecule has 1 amide bonds. The van der Waals surface area contributed by atoms with Gasteiger partial charge in [-0.2, -0.15) is 0 Å². The van der Waals surface area contributed by atoms with Crippen LogP contribution >= 0.6 is 0 Å². The van der Waals surface area contributed by atoms with Crippen LogP contribution in [0.1, 0.15) is 55.4 Å². The molecular formula is C20H22FN5O3. The number of nitro benzene ring substituents is 1. The van der Waals surface area contributed by atoms with Gasteiger partial charge >= 0.3 is 0 Å². The van der Waals surface area contributed by atoms with Crippen molar-refractivity contribution in [3.05, 3.63) is 57.4 Å². The molecule has 0 spiro atoms. The number of amides is 1. The quantitative estimate of drug-likeness (QED) is 0.446. The van der Waals surface area contributed by atoms with Crippen LogP contribution in [-0.2, 0) is 17.8 Å². The summed E-state index contributed by atoms with van der Waals surface area (Å²) in [5, 5.41) is 19.9. The van der Waals surface area contributed by atoms with Crippen LogP contribution in [-0.4, -0.2) is 37.0 Å². The fourth-order valence-electron chi connectivity index (χ4n) is 4.13. The molecule has 4 rings (SSSR count). The van der Waals surface area contributed by atoms with Crippen molar-refractivity contribution < 1.29 is 14.1 Å². The molecule has 29 heavy (non-hydrogen) atoms. The van der Waals surface area contributed by atoms with Crippen LogP contribution in [0.25, 0.3) is 6.08 Å². The van der Waals surface area contributed by atoms with Crippen LogP contribution in [0.15, 0.2) is 24.3 Å². The van der Waals surface area contributed by atoms with Crippen LogP contribution < -0.4 is 0 Å². The topological polar surface area (TPSA) is 94.2 Å². The zero-order valence-corrected chi connectivity index (χ0v) is 16.0. The van der Waals surface area contributed by atoms with E-state index in [0.29, 0.717) is 6.54 Å². The second-order valence-electron chi connectivity index (χ2n) is 7.42. The second-order valence-corrected chi connectivity index (χ2v) is 7.42. The number of likely N-dealkylation sites (tertiary alicyclic amines) is 1. The van der Waals surface area contributed by atoms with Gasteiger partial charge in [-0.05, 0) is 43.9 Å². The third-order valence-electron chi connectivity index (χ3n) is 5.57. The highest BCUT2D eigenvalue weighted by atomic mass is 19.1. The highest BCUT2D eigenvalue weighted by molar-refractivity contribution is 5.92. The number of nitro groups is 1. The van der Waals surface area contributed by atoms with Crippen molar-refractivity contribution in [2.75, 3.05) is 6.54 Å². The summed E-state index contributed by atoms with van der Waals surface area (Å²) in [5.74, 6) is 0.882. The van der Waals surface area contributed by atoms with Gasteiger partial charge in [-0.3, -0.25) is 14.9 Å². The van der Waals surface area contributed by atoms with Gasteiger partial charge in [-0.1, -0.05) is 6.42 Å². The molecular weight excluding hydrogens is 377 g/mol. The smallest absolute Gasteiger partial charge is 0.279 e. The largest absolute Gasteiger partial charge is 0.329 e. The van der Waals surface area contributed by atoms with Crippen molar-refractivity contribution in [2.45, 2.75) is 51.1 Å². The maximum atomic E-state index is 13.3. The van der Waals surface area contributed by atoms with Gasteiger partial charge in [0.2, 0.25) is 5.91 Å². The summed E-state index contributed by atoms with van der Waals surface area (Å²) in [6.07, 6.45) is 8.62. The molecule has 0 N–H and O–H groups in total. The fourth-order valence-corrected chi connectivity index (χ4v) is 4.13. The Morgan fingerprint density at radius 2 is 2.07 bits per heavy atom. The number of carbonyl (C=O) groups is 1. The molecule has 1 fully saturated rings. The molecule has 1 atom stereocenters. The van der Waals surface area contributed by atoms with Crippen LogP contribution in [0, 0.1) is 15.9 Å². The van der Waals surface area contributed by atoms with Crippen molar-refractivity contribution in [1.29, 1.82) is 0 Å². The van der Waals surface area contributed by atoms with Crippen molar-refractivity contribution in [3.63, 3.8) is 0 Å². The molecule has 1 unspecified atom stereocenters. The summed E-state index contributed by atoms with van der Waals surface area (Å²) in [7, 11) is 0. The molecule has 1 saturated heterocycles. The molecule has 0 saturated carbocycles. The normalized spacial score (nSPS) is 19.3. The lowest BCUT2D eigenvalue weighted by atomic mass is 10.1. The van der Waals surface area contributed by atoms with E-state index in [-0.39, 0.29) is 23.2 Å². The fraction of sp³-hybridized carbons (Fsp3) is 0.450. The Labute approximate surface area is 167 Å². The predicted molar refractivity (Wildman–Crippen MR) is 103 cm³/mol. The van der Waals surface area contributed by atoms with E-state index in [0.717, 1.165) is 68.9 Å². The average molecular weight is 399 g/mol. The maximum absolute atomic E-state index is 13.3. The number of benzene rings is 1. The summed E-state index contributed by atoms with van der Waals surface area (Å²) in [6.45, 7) is 1.47. The summed E-state index contributed by atoms with van der Waals surface area (Å²) in [6, 6.07) is 3.15.